The molecule has 1 amide bonds. The molecule has 27 nitrogen and oxygen atoms in total. The van der Waals surface area contributed by atoms with Crippen LogP contribution in [-0.2, 0) is 42.7 Å². The van der Waals surface area contributed by atoms with Crippen molar-refractivity contribution in [2.24, 2.45) is 0 Å². The summed E-state index contributed by atoms with van der Waals surface area (Å²) in [6, 6.07) is -1.75. The Labute approximate surface area is 334 Å². The van der Waals surface area contributed by atoms with Crippen molar-refractivity contribution in [2.45, 2.75) is 154 Å². The number of carbonyl (C=O) groups is 1. The predicted octanol–water partition coefficient (Wildman–Crippen LogP) is -12.1. The molecule has 0 aliphatic carbocycles. The van der Waals surface area contributed by atoms with Gasteiger partial charge in [0, 0.05) is 6.92 Å². The van der Waals surface area contributed by atoms with E-state index in [9.17, 15) is 91.6 Å². The zero-order valence-electron chi connectivity index (χ0n) is 31.4. The molecule has 0 radical (unpaired) electrons. The maximum absolute atomic E-state index is 12.4. The van der Waals surface area contributed by atoms with Crippen molar-refractivity contribution in [1.29, 1.82) is 0 Å². The highest BCUT2D eigenvalue weighted by atomic mass is 16.8. The van der Waals surface area contributed by atoms with Gasteiger partial charge in [0.2, 0.25) is 5.91 Å². The number of aliphatic hydroxyl groups excluding tert-OH is 17. The van der Waals surface area contributed by atoms with Crippen LogP contribution >= 0.6 is 0 Å². The Kier molecular flexibility index (Phi) is 18.9. The van der Waals surface area contributed by atoms with Gasteiger partial charge in [0.15, 0.2) is 25.2 Å². The summed E-state index contributed by atoms with van der Waals surface area (Å²) in [5, 5.41) is 178. The van der Waals surface area contributed by atoms with Crippen LogP contribution in [0.3, 0.4) is 0 Å². The summed E-state index contributed by atoms with van der Waals surface area (Å²) < 4.78 is 44.7. The average Bonchev–Trinajstić information content (AvgIpc) is 3.22. The highest BCUT2D eigenvalue weighted by Crippen LogP contribution is 2.34. The molecule has 59 heavy (non-hydrogen) atoms. The van der Waals surface area contributed by atoms with Crippen LogP contribution in [0.15, 0.2) is 0 Å². The number of hydrogen-bond acceptors (Lipinski definition) is 26. The molecule has 0 bridgehead atoms. The average molecular weight is 872 g/mol. The Balaban J connectivity index is 1.64. The van der Waals surface area contributed by atoms with Gasteiger partial charge in [0.25, 0.3) is 0 Å². The first-order valence-corrected chi connectivity index (χ1v) is 18.5. The van der Waals surface area contributed by atoms with Crippen LogP contribution in [0.4, 0.5) is 0 Å². The molecule has 4 aliphatic rings. The minimum atomic E-state index is -2.24. The molecule has 4 fully saturated rings. The summed E-state index contributed by atoms with van der Waals surface area (Å²) in [6.45, 7) is -4.75. The van der Waals surface area contributed by atoms with Crippen molar-refractivity contribution in [3.63, 3.8) is 0 Å². The van der Waals surface area contributed by atoms with Crippen molar-refractivity contribution in [3.05, 3.63) is 0 Å². The van der Waals surface area contributed by atoms with E-state index in [4.69, 9.17) is 37.9 Å². The first-order chi connectivity index (χ1) is 27.8. The number of carbonyl (C=O) groups excluding carboxylic acids is 1. The summed E-state index contributed by atoms with van der Waals surface area (Å²) >= 11 is 0. The molecule has 24 atom stereocenters. The highest BCUT2D eigenvalue weighted by molar-refractivity contribution is 5.73. The van der Waals surface area contributed by atoms with E-state index >= 15 is 0 Å². The van der Waals surface area contributed by atoms with Crippen LogP contribution in [-0.4, -0.2) is 280 Å². The second-order valence-electron chi connectivity index (χ2n) is 14.5. The SMILES string of the molecule is CC(=O)N[C@H]1[C@H](O[C@H]2[C@@H](O)[C@@H](CO[C@@H]3O[C@H](CO)[C@H](O)[C@H](O)[C@H]3O)O[C@@H](O[C@@H]([C@H](O)[C@@H](O)CO)[C@H](O)CO)[C@@H]2O)O[C@H](CO)[C@@H](O[C@@H]2O[C@H](CO)[C@H](O)[C@H](O)[C@H]2O)[C@@H]1O. The minimum Gasteiger partial charge on any atom is -0.394 e. The van der Waals surface area contributed by atoms with Crippen LogP contribution in [0.1, 0.15) is 6.92 Å². The lowest BCUT2D eigenvalue weighted by molar-refractivity contribution is -0.376. The fourth-order valence-corrected chi connectivity index (χ4v) is 6.92. The van der Waals surface area contributed by atoms with Gasteiger partial charge in [0.05, 0.1) is 39.6 Å². The van der Waals surface area contributed by atoms with E-state index in [0.29, 0.717) is 0 Å². The second-order valence-corrected chi connectivity index (χ2v) is 14.5. The fourth-order valence-electron chi connectivity index (χ4n) is 6.92. The number of hydrogen-bond donors (Lipinski definition) is 18. The summed E-state index contributed by atoms with van der Waals surface area (Å²) in [4.78, 5) is 12.4. The molecule has 4 heterocycles. The van der Waals surface area contributed by atoms with Gasteiger partial charge in [0.1, 0.15) is 122 Å². The van der Waals surface area contributed by atoms with E-state index in [0.717, 1.165) is 6.92 Å². The molecular weight excluding hydrogens is 814 g/mol. The van der Waals surface area contributed by atoms with E-state index in [1.165, 1.54) is 0 Å². The van der Waals surface area contributed by atoms with E-state index in [-0.39, 0.29) is 0 Å². The van der Waals surface area contributed by atoms with Gasteiger partial charge < -0.3 is 130 Å². The topological polar surface area (TPSA) is 447 Å². The van der Waals surface area contributed by atoms with E-state index in [1.807, 2.05) is 0 Å². The van der Waals surface area contributed by atoms with Gasteiger partial charge in [-0.15, -0.1) is 0 Å². The monoisotopic (exact) mass is 871 g/mol. The molecule has 4 saturated heterocycles. The van der Waals surface area contributed by atoms with Gasteiger partial charge in [-0.3, -0.25) is 4.79 Å². The summed E-state index contributed by atoms with van der Waals surface area (Å²) in [6.07, 6.45) is -43.8. The maximum Gasteiger partial charge on any atom is 0.217 e. The fraction of sp³-hybridized carbons (Fsp3) is 0.969. The minimum absolute atomic E-state index is 0.836. The summed E-state index contributed by atoms with van der Waals surface area (Å²) in [7, 11) is 0. The maximum atomic E-state index is 12.4. The number of nitrogens with one attached hydrogen (secondary N) is 1. The van der Waals surface area contributed by atoms with Crippen LogP contribution in [0, 0.1) is 0 Å². The smallest absolute Gasteiger partial charge is 0.217 e. The van der Waals surface area contributed by atoms with E-state index in [2.05, 4.69) is 5.32 Å². The van der Waals surface area contributed by atoms with Crippen molar-refractivity contribution in [1.82, 2.24) is 5.32 Å². The largest absolute Gasteiger partial charge is 0.394 e. The number of aliphatic hydroxyl groups is 17. The second kappa shape index (κ2) is 22.2. The molecule has 0 spiro atoms. The summed E-state index contributed by atoms with van der Waals surface area (Å²) in [5.74, 6) is -0.836. The molecule has 0 unspecified atom stereocenters. The summed E-state index contributed by atoms with van der Waals surface area (Å²) in [5.41, 5.74) is 0. The Bertz CT molecular complexity index is 1270. The molecule has 27 heteroatoms. The third-order valence-electron chi connectivity index (χ3n) is 10.3. The zero-order chi connectivity index (χ0) is 44.0. The zero-order valence-corrected chi connectivity index (χ0v) is 31.4. The van der Waals surface area contributed by atoms with Crippen LogP contribution < -0.4 is 5.32 Å². The molecule has 4 rings (SSSR count). The van der Waals surface area contributed by atoms with Gasteiger partial charge >= 0.3 is 0 Å². The standard InChI is InChI=1S/C32H57NO26/c1-8(39)33-15-20(46)27(58-31-24(50)22(48)18(44)12(5-37)54-31)13(6-38)55-29(15)59-28-19(45)14(7-52-30-23(49)21(47)17(43)11(4-36)53-30)56-32(25(28)51)57-26(10(41)3-35)16(42)9(40)2-34/h9-32,34-38,40-51H,2-7H2,1H3,(H,33,39)/t9-,10+,11+,12+,13+,14+,15+,16+,17-,18-,19-,20+,21-,22-,23+,24+,25+,26+,27+,28-,29-,30+,31-,32-/m0/s1. The molecule has 0 aromatic rings. The number of rotatable bonds is 18. The normalized spacial score (nSPS) is 45.3. The molecule has 0 aromatic carbocycles. The third-order valence-corrected chi connectivity index (χ3v) is 10.3. The van der Waals surface area contributed by atoms with E-state index in [1.54, 1.807) is 0 Å². The molecule has 0 aromatic heterocycles. The molecular formula is C32H57NO26. The van der Waals surface area contributed by atoms with Gasteiger partial charge in [-0.1, -0.05) is 0 Å². The van der Waals surface area contributed by atoms with Gasteiger partial charge in [-0.2, -0.15) is 0 Å². The first-order valence-electron chi connectivity index (χ1n) is 18.5. The van der Waals surface area contributed by atoms with Crippen molar-refractivity contribution in [3.8, 4) is 0 Å². The Morgan fingerprint density at radius 2 is 1.03 bits per heavy atom. The Morgan fingerprint density at radius 1 is 0.542 bits per heavy atom. The van der Waals surface area contributed by atoms with Crippen LogP contribution in [0.25, 0.3) is 0 Å². The molecule has 0 saturated carbocycles. The Hall–Kier alpha value is -1.53. The quantitative estimate of drug-likeness (QED) is 0.0608. The molecule has 4 aliphatic heterocycles. The lowest BCUT2D eigenvalue weighted by atomic mass is 9.94. The first kappa shape index (κ1) is 50.1. The van der Waals surface area contributed by atoms with Crippen LogP contribution in [0.2, 0.25) is 0 Å². The van der Waals surface area contributed by atoms with Crippen molar-refractivity contribution >= 4 is 5.91 Å². The van der Waals surface area contributed by atoms with Crippen molar-refractivity contribution < 1.29 is 130 Å². The number of ether oxygens (including phenoxy) is 8. The molecule has 346 valence electrons. The third kappa shape index (κ3) is 11.4. The van der Waals surface area contributed by atoms with Crippen LogP contribution in [0.5, 0.6) is 0 Å². The Morgan fingerprint density at radius 3 is 1.56 bits per heavy atom. The lowest BCUT2D eigenvalue weighted by Crippen LogP contribution is -2.69. The highest BCUT2D eigenvalue weighted by Gasteiger charge is 2.55. The van der Waals surface area contributed by atoms with E-state index < -0.39 is 193 Å². The molecule has 18 N–H and O–H groups in total. The lowest BCUT2D eigenvalue weighted by Gasteiger charge is -2.49. The van der Waals surface area contributed by atoms with Crippen molar-refractivity contribution in [2.75, 3.05) is 39.6 Å². The van der Waals surface area contributed by atoms with Gasteiger partial charge in [-0.25, -0.2) is 0 Å². The predicted molar refractivity (Wildman–Crippen MR) is 180 cm³/mol. The van der Waals surface area contributed by atoms with Gasteiger partial charge in [-0.05, 0) is 0 Å². The number of amides is 1.